The van der Waals surface area contributed by atoms with Crippen LogP contribution >= 0.6 is 11.6 Å². The average Bonchev–Trinajstić information content (AvgIpc) is 2.60. The van der Waals surface area contributed by atoms with Gasteiger partial charge in [-0.1, -0.05) is 17.7 Å². The van der Waals surface area contributed by atoms with Gasteiger partial charge in [0.05, 0.1) is 11.8 Å². The van der Waals surface area contributed by atoms with Gasteiger partial charge in [-0.05, 0) is 19.1 Å². The monoisotopic (exact) mass is 250 g/mol. The highest BCUT2D eigenvalue weighted by Crippen LogP contribution is 2.12. The first-order valence-corrected chi connectivity index (χ1v) is 5.38. The van der Waals surface area contributed by atoms with E-state index in [1.54, 1.807) is 29.9 Å². The summed E-state index contributed by atoms with van der Waals surface area (Å²) < 4.78 is 1.64. The van der Waals surface area contributed by atoms with Crippen molar-refractivity contribution in [2.24, 2.45) is 7.05 Å². The molecular formula is C11H11ClN4O. The van der Waals surface area contributed by atoms with Gasteiger partial charge in [0.1, 0.15) is 11.0 Å². The molecule has 0 atom stereocenters. The molecular weight excluding hydrogens is 240 g/mol. The third kappa shape index (κ3) is 2.45. The summed E-state index contributed by atoms with van der Waals surface area (Å²) in [5, 5.41) is 7.01. The molecule has 17 heavy (non-hydrogen) atoms. The molecule has 2 heterocycles. The smallest absolute Gasteiger partial charge is 0.260 e. The number of amides is 1. The molecule has 6 heteroatoms. The van der Waals surface area contributed by atoms with E-state index < -0.39 is 0 Å². The number of hydrogen-bond acceptors (Lipinski definition) is 3. The summed E-state index contributed by atoms with van der Waals surface area (Å²) in [7, 11) is 1.78. The van der Waals surface area contributed by atoms with Gasteiger partial charge in [-0.2, -0.15) is 5.10 Å². The maximum absolute atomic E-state index is 11.9. The molecule has 0 aromatic carbocycles. The van der Waals surface area contributed by atoms with E-state index >= 15 is 0 Å². The van der Waals surface area contributed by atoms with Crippen molar-refractivity contribution in [3.05, 3.63) is 40.8 Å². The van der Waals surface area contributed by atoms with Crippen LogP contribution in [0.15, 0.2) is 24.4 Å². The number of nitrogens with zero attached hydrogens (tertiary/aromatic N) is 3. The standard InChI is InChI=1S/C11H11ClN4O/c1-7-8(6-13-16(7)2)11(17)15-10-5-3-4-9(12)14-10/h3-6H,1-2H3,(H,14,15,17). The van der Waals surface area contributed by atoms with Crippen LogP contribution in [-0.2, 0) is 7.05 Å². The first-order valence-electron chi connectivity index (χ1n) is 5.00. The van der Waals surface area contributed by atoms with Crippen molar-refractivity contribution < 1.29 is 4.79 Å². The summed E-state index contributed by atoms with van der Waals surface area (Å²) in [6.07, 6.45) is 1.52. The molecule has 2 aromatic rings. The maximum atomic E-state index is 11.9. The number of hydrogen-bond donors (Lipinski definition) is 1. The van der Waals surface area contributed by atoms with Gasteiger partial charge in [0.15, 0.2) is 0 Å². The van der Waals surface area contributed by atoms with Gasteiger partial charge in [-0.15, -0.1) is 0 Å². The normalized spacial score (nSPS) is 10.3. The number of carbonyl (C=O) groups is 1. The first kappa shape index (κ1) is 11.6. The number of rotatable bonds is 2. The van der Waals surface area contributed by atoms with Gasteiger partial charge in [0.25, 0.3) is 5.91 Å². The lowest BCUT2D eigenvalue weighted by atomic mass is 10.2. The lowest BCUT2D eigenvalue weighted by Crippen LogP contribution is -2.13. The Balaban J connectivity index is 2.20. The molecule has 1 amide bonds. The highest BCUT2D eigenvalue weighted by molar-refractivity contribution is 6.29. The summed E-state index contributed by atoms with van der Waals surface area (Å²) in [5.41, 5.74) is 1.32. The SMILES string of the molecule is Cc1c(C(=O)Nc2cccc(Cl)n2)cnn1C. The molecule has 0 aliphatic heterocycles. The van der Waals surface area contributed by atoms with Crippen LogP contribution in [0.5, 0.6) is 0 Å². The number of aromatic nitrogens is 3. The van der Waals surface area contributed by atoms with Crippen LogP contribution in [0.2, 0.25) is 5.15 Å². The van der Waals surface area contributed by atoms with E-state index in [4.69, 9.17) is 11.6 Å². The molecule has 0 saturated heterocycles. The van der Waals surface area contributed by atoms with Crippen LogP contribution in [0.4, 0.5) is 5.82 Å². The zero-order valence-electron chi connectivity index (χ0n) is 9.44. The Kier molecular flexibility index (Phi) is 3.10. The highest BCUT2D eigenvalue weighted by Gasteiger charge is 2.13. The highest BCUT2D eigenvalue weighted by atomic mass is 35.5. The fourth-order valence-corrected chi connectivity index (χ4v) is 1.55. The van der Waals surface area contributed by atoms with Crippen LogP contribution in [0.3, 0.4) is 0 Å². The fourth-order valence-electron chi connectivity index (χ4n) is 1.38. The van der Waals surface area contributed by atoms with Crippen LogP contribution in [0, 0.1) is 6.92 Å². The van der Waals surface area contributed by atoms with Crippen molar-refractivity contribution in [2.75, 3.05) is 5.32 Å². The van der Waals surface area contributed by atoms with Gasteiger partial charge in [-0.3, -0.25) is 9.48 Å². The van der Waals surface area contributed by atoms with E-state index in [1.165, 1.54) is 6.20 Å². The van der Waals surface area contributed by atoms with E-state index in [9.17, 15) is 4.79 Å². The molecule has 2 aromatic heterocycles. The Morgan fingerprint density at radius 3 is 2.82 bits per heavy atom. The summed E-state index contributed by atoms with van der Waals surface area (Å²) in [4.78, 5) is 15.9. The second-order valence-electron chi connectivity index (χ2n) is 3.57. The molecule has 0 bridgehead atoms. The van der Waals surface area contributed by atoms with Gasteiger partial charge in [-0.25, -0.2) is 4.98 Å². The Morgan fingerprint density at radius 2 is 2.24 bits per heavy atom. The molecule has 0 spiro atoms. The van der Waals surface area contributed by atoms with Crippen molar-refractivity contribution in [1.82, 2.24) is 14.8 Å². The summed E-state index contributed by atoms with van der Waals surface area (Å²) in [6.45, 7) is 1.83. The molecule has 0 aliphatic carbocycles. The second kappa shape index (κ2) is 4.55. The number of pyridine rings is 1. The summed E-state index contributed by atoms with van der Waals surface area (Å²) >= 11 is 5.73. The molecule has 0 unspecified atom stereocenters. The van der Waals surface area contributed by atoms with Gasteiger partial charge in [0.2, 0.25) is 0 Å². The van der Waals surface area contributed by atoms with Crippen molar-refractivity contribution >= 4 is 23.3 Å². The number of nitrogens with one attached hydrogen (secondary N) is 1. The molecule has 5 nitrogen and oxygen atoms in total. The number of halogens is 1. The zero-order chi connectivity index (χ0) is 12.4. The Bertz CT molecular complexity index is 564. The third-order valence-electron chi connectivity index (χ3n) is 2.44. The zero-order valence-corrected chi connectivity index (χ0v) is 10.2. The van der Waals surface area contributed by atoms with Gasteiger partial charge < -0.3 is 5.32 Å². The van der Waals surface area contributed by atoms with E-state index in [0.29, 0.717) is 16.5 Å². The molecule has 0 radical (unpaired) electrons. The summed E-state index contributed by atoms with van der Waals surface area (Å²) in [6, 6.07) is 5.04. The Hall–Kier alpha value is -1.88. The average molecular weight is 251 g/mol. The molecule has 0 aliphatic rings. The lowest BCUT2D eigenvalue weighted by Gasteiger charge is -2.03. The molecule has 0 saturated carbocycles. The second-order valence-corrected chi connectivity index (χ2v) is 3.95. The number of carbonyl (C=O) groups excluding carboxylic acids is 1. The topological polar surface area (TPSA) is 59.8 Å². The van der Waals surface area contributed by atoms with Crippen molar-refractivity contribution in [3.63, 3.8) is 0 Å². The van der Waals surface area contributed by atoms with E-state index in [0.717, 1.165) is 5.69 Å². The predicted octanol–water partition coefficient (Wildman–Crippen LogP) is 2.03. The van der Waals surface area contributed by atoms with Crippen LogP contribution < -0.4 is 5.32 Å². The van der Waals surface area contributed by atoms with Crippen LogP contribution in [-0.4, -0.2) is 20.7 Å². The predicted molar refractivity (Wildman–Crippen MR) is 65.1 cm³/mol. The van der Waals surface area contributed by atoms with Crippen molar-refractivity contribution in [1.29, 1.82) is 0 Å². The van der Waals surface area contributed by atoms with Crippen molar-refractivity contribution in [3.8, 4) is 0 Å². The molecule has 1 N–H and O–H groups in total. The molecule has 0 fully saturated rings. The number of anilines is 1. The minimum atomic E-state index is -0.245. The Morgan fingerprint density at radius 1 is 1.47 bits per heavy atom. The van der Waals surface area contributed by atoms with Gasteiger partial charge in [0, 0.05) is 12.7 Å². The van der Waals surface area contributed by atoms with Crippen LogP contribution in [0.1, 0.15) is 16.1 Å². The molecule has 88 valence electrons. The quantitative estimate of drug-likeness (QED) is 0.830. The van der Waals surface area contributed by atoms with E-state index in [-0.39, 0.29) is 5.91 Å². The third-order valence-corrected chi connectivity index (χ3v) is 2.65. The van der Waals surface area contributed by atoms with Crippen molar-refractivity contribution in [2.45, 2.75) is 6.92 Å². The summed E-state index contributed by atoms with van der Waals surface area (Å²) in [5.74, 6) is 0.177. The number of aryl methyl sites for hydroxylation is 1. The maximum Gasteiger partial charge on any atom is 0.260 e. The minimum Gasteiger partial charge on any atom is -0.306 e. The Labute approximate surface area is 103 Å². The largest absolute Gasteiger partial charge is 0.306 e. The van der Waals surface area contributed by atoms with Crippen LogP contribution in [0.25, 0.3) is 0 Å². The van der Waals surface area contributed by atoms with E-state index in [2.05, 4.69) is 15.4 Å². The lowest BCUT2D eigenvalue weighted by molar-refractivity contribution is 0.102. The molecule has 2 rings (SSSR count). The van der Waals surface area contributed by atoms with Gasteiger partial charge >= 0.3 is 0 Å². The first-order chi connectivity index (χ1) is 8.08. The van der Waals surface area contributed by atoms with E-state index in [1.807, 2.05) is 6.92 Å². The minimum absolute atomic E-state index is 0.245. The fraction of sp³-hybridized carbons (Fsp3) is 0.182.